The lowest BCUT2D eigenvalue weighted by atomic mass is 10.1. The second-order valence-electron chi connectivity index (χ2n) is 5.78. The van der Waals surface area contributed by atoms with Crippen LogP contribution < -0.4 is 16.0 Å². The molecule has 0 aliphatic carbocycles. The van der Waals surface area contributed by atoms with Crippen LogP contribution in [0.2, 0.25) is 0 Å². The standard InChI is InChI=1S/C16H24FN3O/c1-12(18)5-4-6-16(21)19-13-7-8-15(14(17)11-13)20-9-2-3-10-20/h7-8,11-12H,2-6,9-10,18H2,1H3,(H,19,21). The van der Waals surface area contributed by atoms with Crippen LogP contribution in [0.5, 0.6) is 0 Å². The van der Waals surface area contributed by atoms with Gasteiger partial charge in [-0.05, 0) is 50.8 Å². The summed E-state index contributed by atoms with van der Waals surface area (Å²) in [4.78, 5) is 13.8. The summed E-state index contributed by atoms with van der Waals surface area (Å²) < 4.78 is 14.1. The number of benzene rings is 1. The average molecular weight is 293 g/mol. The molecule has 5 heteroatoms. The first kappa shape index (κ1) is 15.8. The minimum Gasteiger partial charge on any atom is -0.369 e. The van der Waals surface area contributed by atoms with E-state index in [1.165, 1.54) is 6.07 Å². The fraction of sp³-hybridized carbons (Fsp3) is 0.562. The molecule has 1 aromatic rings. The lowest BCUT2D eigenvalue weighted by Gasteiger charge is -2.18. The fourth-order valence-corrected chi connectivity index (χ4v) is 2.61. The van der Waals surface area contributed by atoms with Gasteiger partial charge in [0.25, 0.3) is 0 Å². The van der Waals surface area contributed by atoms with Crippen molar-refractivity contribution in [3.8, 4) is 0 Å². The lowest BCUT2D eigenvalue weighted by molar-refractivity contribution is -0.116. The fourth-order valence-electron chi connectivity index (χ4n) is 2.61. The zero-order valence-electron chi connectivity index (χ0n) is 12.6. The van der Waals surface area contributed by atoms with Crippen molar-refractivity contribution in [3.05, 3.63) is 24.0 Å². The van der Waals surface area contributed by atoms with Gasteiger partial charge in [0.2, 0.25) is 5.91 Å². The summed E-state index contributed by atoms with van der Waals surface area (Å²) in [5.41, 5.74) is 6.78. The first-order valence-corrected chi connectivity index (χ1v) is 7.66. The molecule has 0 radical (unpaired) electrons. The van der Waals surface area contributed by atoms with Gasteiger partial charge >= 0.3 is 0 Å². The molecule has 0 aromatic heterocycles. The molecule has 2 rings (SSSR count). The highest BCUT2D eigenvalue weighted by molar-refractivity contribution is 5.90. The van der Waals surface area contributed by atoms with Gasteiger partial charge in [-0.3, -0.25) is 4.79 Å². The average Bonchev–Trinajstić information content (AvgIpc) is 2.92. The summed E-state index contributed by atoms with van der Waals surface area (Å²) in [5.74, 6) is -0.366. The van der Waals surface area contributed by atoms with E-state index in [2.05, 4.69) is 5.32 Å². The van der Waals surface area contributed by atoms with E-state index < -0.39 is 0 Å². The predicted octanol–water partition coefficient (Wildman–Crippen LogP) is 2.88. The molecule has 3 N–H and O–H groups in total. The zero-order valence-corrected chi connectivity index (χ0v) is 12.6. The Labute approximate surface area is 125 Å². The number of nitrogens with two attached hydrogens (primary N) is 1. The number of nitrogens with zero attached hydrogens (tertiary/aromatic N) is 1. The van der Waals surface area contributed by atoms with Crippen molar-refractivity contribution < 1.29 is 9.18 Å². The van der Waals surface area contributed by atoms with Crippen LogP contribution in [-0.4, -0.2) is 25.0 Å². The maximum Gasteiger partial charge on any atom is 0.224 e. The van der Waals surface area contributed by atoms with Gasteiger partial charge in [0.1, 0.15) is 5.82 Å². The first-order chi connectivity index (χ1) is 10.1. The molecule has 1 fully saturated rings. The molecule has 116 valence electrons. The Morgan fingerprint density at radius 3 is 2.76 bits per heavy atom. The Kier molecular flexibility index (Phi) is 5.56. The number of carbonyl (C=O) groups excluding carboxylic acids is 1. The summed E-state index contributed by atoms with van der Waals surface area (Å²) in [6, 6.07) is 5.02. The Bertz CT molecular complexity index is 484. The van der Waals surface area contributed by atoms with Crippen molar-refractivity contribution in [1.29, 1.82) is 0 Å². The van der Waals surface area contributed by atoms with Gasteiger partial charge < -0.3 is 16.0 Å². The lowest BCUT2D eigenvalue weighted by Crippen LogP contribution is -2.19. The second-order valence-corrected chi connectivity index (χ2v) is 5.78. The molecular weight excluding hydrogens is 269 g/mol. The Hall–Kier alpha value is -1.62. The summed E-state index contributed by atoms with van der Waals surface area (Å²) in [7, 11) is 0. The summed E-state index contributed by atoms with van der Waals surface area (Å²) in [5, 5.41) is 2.74. The van der Waals surface area contributed by atoms with Gasteiger partial charge in [-0.25, -0.2) is 4.39 Å². The molecule has 1 aromatic carbocycles. The molecule has 0 saturated carbocycles. The van der Waals surface area contributed by atoms with Gasteiger partial charge in [0, 0.05) is 31.2 Å². The quantitative estimate of drug-likeness (QED) is 0.848. The number of amides is 1. The molecule has 0 bridgehead atoms. The molecule has 1 atom stereocenters. The van der Waals surface area contributed by atoms with Crippen LogP contribution in [0.4, 0.5) is 15.8 Å². The van der Waals surface area contributed by atoms with E-state index in [0.717, 1.165) is 38.8 Å². The van der Waals surface area contributed by atoms with Crippen molar-refractivity contribution in [3.63, 3.8) is 0 Å². The Morgan fingerprint density at radius 1 is 1.43 bits per heavy atom. The van der Waals surface area contributed by atoms with E-state index in [-0.39, 0.29) is 17.8 Å². The minimum absolute atomic E-state index is 0.0935. The number of nitrogens with one attached hydrogen (secondary N) is 1. The monoisotopic (exact) mass is 293 g/mol. The number of rotatable bonds is 6. The molecule has 4 nitrogen and oxygen atoms in total. The van der Waals surface area contributed by atoms with Gasteiger partial charge in [-0.1, -0.05) is 0 Å². The maximum absolute atomic E-state index is 14.1. The van der Waals surface area contributed by atoms with Crippen molar-refractivity contribution in [1.82, 2.24) is 0 Å². The third kappa shape index (κ3) is 4.70. The van der Waals surface area contributed by atoms with Gasteiger partial charge in [0.15, 0.2) is 0 Å². The molecule has 21 heavy (non-hydrogen) atoms. The van der Waals surface area contributed by atoms with Crippen molar-refractivity contribution >= 4 is 17.3 Å². The van der Waals surface area contributed by atoms with Gasteiger partial charge in [-0.15, -0.1) is 0 Å². The van der Waals surface area contributed by atoms with E-state index in [1.54, 1.807) is 12.1 Å². The highest BCUT2D eigenvalue weighted by Gasteiger charge is 2.16. The summed E-state index contributed by atoms with van der Waals surface area (Å²) >= 11 is 0. The molecule has 1 amide bonds. The zero-order chi connectivity index (χ0) is 15.2. The number of anilines is 2. The predicted molar refractivity (Wildman–Crippen MR) is 84.0 cm³/mol. The third-order valence-electron chi connectivity index (χ3n) is 3.74. The van der Waals surface area contributed by atoms with Crippen LogP contribution in [-0.2, 0) is 4.79 Å². The number of hydrogen-bond donors (Lipinski definition) is 2. The third-order valence-corrected chi connectivity index (χ3v) is 3.74. The normalized spacial score (nSPS) is 16.0. The molecule has 1 aliphatic rings. The van der Waals surface area contributed by atoms with Crippen LogP contribution in [0.15, 0.2) is 18.2 Å². The van der Waals surface area contributed by atoms with Crippen LogP contribution in [0, 0.1) is 5.82 Å². The number of carbonyl (C=O) groups is 1. The first-order valence-electron chi connectivity index (χ1n) is 7.66. The maximum atomic E-state index is 14.1. The van der Waals surface area contributed by atoms with E-state index in [9.17, 15) is 9.18 Å². The van der Waals surface area contributed by atoms with E-state index in [0.29, 0.717) is 17.8 Å². The van der Waals surface area contributed by atoms with Gasteiger partial charge in [0.05, 0.1) is 5.69 Å². The topological polar surface area (TPSA) is 58.4 Å². The van der Waals surface area contributed by atoms with Crippen molar-refractivity contribution in [2.24, 2.45) is 5.73 Å². The molecule has 1 saturated heterocycles. The molecule has 1 aliphatic heterocycles. The van der Waals surface area contributed by atoms with Crippen LogP contribution in [0.1, 0.15) is 39.0 Å². The summed E-state index contributed by atoms with van der Waals surface area (Å²) in [6.45, 7) is 3.73. The van der Waals surface area contributed by atoms with Crippen LogP contribution in [0.3, 0.4) is 0 Å². The molecular formula is C16H24FN3O. The number of hydrogen-bond acceptors (Lipinski definition) is 3. The van der Waals surface area contributed by atoms with Crippen LogP contribution in [0.25, 0.3) is 0 Å². The van der Waals surface area contributed by atoms with Crippen molar-refractivity contribution in [2.75, 3.05) is 23.3 Å². The molecule has 0 spiro atoms. The highest BCUT2D eigenvalue weighted by Crippen LogP contribution is 2.26. The van der Waals surface area contributed by atoms with Crippen molar-refractivity contribution in [2.45, 2.75) is 45.1 Å². The van der Waals surface area contributed by atoms with E-state index in [1.807, 2.05) is 11.8 Å². The largest absolute Gasteiger partial charge is 0.369 e. The Morgan fingerprint density at radius 2 is 2.14 bits per heavy atom. The second kappa shape index (κ2) is 7.41. The molecule has 1 heterocycles. The number of halogens is 1. The van der Waals surface area contributed by atoms with Crippen LogP contribution >= 0.6 is 0 Å². The summed E-state index contributed by atoms with van der Waals surface area (Å²) in [6.07, 6.45) is 4.19. The Balaban J connectivity index is 1.89. The SMILES string of the molecule is CC(N)CCCC(=O)Nc1ccc(N2CCCC2)c(F)c1. The minimum atomic E-state index is -0.273. The van der Waals surface area contributed by atoms with Gasteiger partial charge in [-0.2, -0.15) is 0 Å². The highest BCUT2D eigenvalue weighted by atomic mass is 19.1. The smallest absolute Gasteiger partial charge is 0.224 e. The van der Waals surface area contributed by atoms with E-state index in [4.69, 9.17) is 5.73 Å². The van der Waals surface area contributed by atoms with E-state index >= 15 is 0 Å². The molecule has 1 unspecified atom stereocenters.